The fourth-order valence-electron chi connectivity index (χ4n) is 1.91. The molecule has 0 aliphatic carbocycles. The lowest BCUT2D eigenvalue weighted by molar-refractivity contribution is -0.307. The summed E-state index contributed by atoms with van der Waals surface area (Å²) >= 11 is 0. The average molecular weight is 184 g/mol. The highest BCUT2D eigenvalue weighted by atomic mass is 16.4. The number of rotatable bonds is 3. The molecule has 0 bridgehead atoms. The zero-order valence-electron chi connectivity index (χ0n) is 8.45. The molecule has 0 N–H and O–H groups in total. The molecule has 1 saturated heterocycles. The second kappa shape index (κ2) is 4.61. The summed E-state index contributed by atoms with van der Waals surface area (Å²) in [7, 11) is 0. The van der Waals surface area contributed by atoms with E-state index in [4.69, 9.17) is 0 Å². The molecule has 0 radical (unpaired) electrons. The van der Waals surface area contributed by atoms with Gasteiger partial charge in [-0.1, -0.05) is 0 Å². The van der Waals surface area contributed by atoms with Gasteiger partial charge in [0, 0.05) is 12.0 Å². The summed E-state index contributed by atoms with van der Waals surface area (Å²) in [6.07, 6.45) is 2.25. The van der Waals surface area contributed by atoms with Crippen molar-refractivity contribution in [3.8, 4) is 0 Å². The summed E-state index contributed by atoms with van der Waals surface area (Å²) < 4.78 is 0. The molecule has 1 rings (SSSR count). The number of carbonyl (C=O) groups excluding carboxylic acids is 1. The van der Waals surface area contributed by atoms with Gasteiger partial charge in [-0.25, -0.2) is 0 Å². The van der Waals surface area contributed by atoms with Gasteiger partial charge in [0.05, 0.1) is 0 Å². The van der Waals surface area contributed by atoms with Crippen LogP contribution in [0.3, 0.4) is 0 Å². The minimum Gasteiger partial charge on any atom is -0.550 e. The molecule has 1 fully saturated rings. The van der Waals surface area contributed by atoms with E-state index in [0.29, 0.717) is 12.0 Å². The Kier molecular flexibility index (Phi) is 3.72. The van der Waals surface area contributed by atoms with E-state index in [9.17, 15) is 9.90 Å². The fraction of sp³-hybridized carbons (Fsp3) is 0.900. The van der Waals surface area contributed by atoms with E-state index in [2.05, 4.69) is 18.7 Å². The molecule has 0 spiro atoms. The number of nitrogens with zero attached hydrogens (tertiary/aromatic N) is 1. The highest BCUT2D eigenvalue weighted by Crippen LogP contribution is 2.21. The summed E-state index contributed by atoms with van der Waals surface area (Å²) in [4.78, 5) is 12.8. The highest BCUT2D eigenvalue weighted by Gasteiger charge is 2.20. The monoisotopic (exact) mass is 184 g/mol. The van der Waals surface area contributed by atoms with Crippen LogP contribution in [0.1, 0.15) is 33.1 Å². The predicted molar refractivity (Wildman–Crippen MR) is 49.1 cm³/mol. The largest absolute Gasteiger partial charge is 0.550 e. The zero-order chi connectivity index (χ0) is 9.84. The van der Waals surface area contributed by atoms with Gasteiger partial charge < -0.3 is 14.8 Å². The minimum absolute atomic E-state index is 0.242. The smallest absolute Gasteiger partial charge is 0.0417 e. The Bertz CT molecular complexity index is 172. The normalized spacial score (nSPS) is 20.8. The van der Waals surface area contributed by atoms with E-state index >= 15 is 0 Å². The molecule has 3 heteroatoms. The van der Waals surface area contributed by atoms with E-state index in [-0.39, 0.29) is 6.42 Å². The predicted octanol–water partition coefficient (Wildman–Crippen LogP) is 0.247. The summed E-state index contributed by atoms with van der Waals surface area (Å²) in [5.41, 5.74) is 0. The van der Waals surface area contributed by atoms with Crippen LogP contribution in [-0.4, -0.2) is 30.0 Å². The molecule has 1 aliphatic heterocycles. The number of carboxylic acid groups (broad SMARTS) is 1. The first-order chi connectivity index (χ1) is 6.09. The third kappa shape index (κ3) is 3.35. The molecule has 0 saturated carbocycles. The van der Waals surface area contributed by atoms with Crippen molar-refractivity contribution in [3.05, 3.63) is 0 Å². The number of aliphatic carboxylic acids is 1. The lowest BCUT2D eigenvalue weighted by atomic mass is 9.93. The SMILES string of the molecule is CC(C)N1CCC(CC(=O)[O-])CC1. The van der Waals surface area contributed by atoms with E-state index in [1.807, 2.05) is 0 Å². The van der Waals surface area contributed by atoms with Crippen molar-refractivity contribution < 1.29 is 9.90 Å². The Morgan fingerprint density at radius 3 is 2.38 bits per heavy atom. The molecular weight excluding hydrogens is 166 g/mol. The molecule has 0 aromatic rings. The van der Waals surface area contributed by atoms with Crippen LogP contribution in [0.15, 0.2) is 0 Å². The van der Waals surface area contributed by atoms with Crippen molar-refractivity contribution in [2.45, 2.75) is 39.2 Å². The second-order valence-electron chi connectivity index (χ2n) is 4.15. The minimum atomic E-state index is -0.900. The van der Waals surface area contributed by atoms with Crippen LogP contribution in [0.4, 0.5) is 0 Å². The van der Waals surface area contributed by atoms with E-state index in [1.165, 1.54) is 0 Å². The third-order valence-electron chi connectivity index (χ3n) is 2.83. The zero-order valence-corrected chi connectivity index (χ0v) is 8.45. The van der Waals surface area contributed by atoms with Crippen molar-refractivity contribution >= 4 is 5.97 Å². The van der Waals surface area contributed by atoms with Crippen LogP contribution < -0.4 is 5.11 Å². The Labute approximate surface area is 79.7 Å². The van der Waals surface area contributed by atoms with E-state index in [1.54, 1.807) is 0 Å². The molecule has 13 heavy (non-hydrogen) atoms. The summed E-state index contributed by atoms with van der Waals surface area (Å²) in [5.74, 6) is -0.553. The number of hydrogen-bond donors (Lipinski definition) is 0. The average Bonchev–Trinajstić information content (AvgIpc) is 2.04. The van der Waals surface area contributed by atoms with Crippen LogP contribution in [0.25, 0.3) is 0 Å². The van der Waals surface area contributed by atoms with Gasteiger partial charge in [0.2, 0.25) is 0 Å². The van der Waals surface area contributed by atoms with Crippen molar-refractivity contribution in [1.82, 2.24) is 4.90 Å². The maximum absolute atomic E-state index is 10.4. The quantitative estimate of drug-likeness (QED) is 0.631. The van der Waals surface area contributed by atoms with Crippen molar-refractivity contribution in [2.75, 3.05) is 13.1 Å². The summed E-state index contributed by atoms with van der Waals surface area (Å²) in [6, 6.07) is 0.587. The van der Waals surface area contributed by atoms with Crippen LogP contribution >= 0.6 is 0 Å². The van der Waals surface area contributed by atoms with Crippen LogP contribution in [0, 0.1) is 5.92 Å². The first-order valence-electron chi connectivity index (χ1n) is 5.03. The van der Waals surface area contributed by atoms with Gasteiger partial charge in [-0.05, 0) is 52.1 Å². The number of hydrogen-bond acceptors (Lipinski definition) is 3. The van der Waals surface area contributed by atoms with Crippen LogP contribution in [0.5, 0.6) is 0 Å². The van der Waals surface area contributed by atoms with Crippen LogP contribution in [-0.2, 0) is 4.79 Å². The van der Waals surface area contributed by atoms with Gasteiger partial charge in [-0.3, -0.25) is 0 Å². The van der Waals surface area contributed by atoms with E-state index < -0.39 is 5.97 Å². The molecule has 3 nitrogen and oxygen atoms in total. The van der Waals surface area contributed by atoms with Gasteiger partial charge >= 0.3 is 0 Å². The molecule has 1 heterocycles. The molecule has 0 atom stereocenters. The van der Waals surface area contributed by atoms with Crippen molar-refractivity contribution in [3.63, 3.8) is 0 Å². The third-order valence-corrected chi connectivity index (χ3v) is 2.83. The van der Waals surface area contributed by atoms with Gasteiger partial charge in [0.15, 0.2) is 0 Å². The van der Waals surface area contributed by atoms with Gasteiger partial charge in [0.1, 0.15) is 0 Å². The number of piperidine rings is 1. The molecule has 0 aromatic carbocycles. The Morgan fingerprint density at radius 2 is 2.00 bits per heavy atom. The summed E-state index contributed by atoms with van der Waals surface area (Å²) in [5, 5.41) is 10.4. The molecule has 1 aliphatic rings. The van der Waals surface area contributed by atoms with Gasteiger partial charge in [-0.15, -0.1) is 0 Å². The Hall–Kier alpha value is -0.570. The lowest BCUT2D eigenvalue weighted by Gasteiger charge is -2.34. The second-order valence-corrected chi connectivity index (χ2v) is 4.15. The standard InChI is InChI=1S/C10H19NO2/c1-8(2)11-5-3-9(4-6-11)7-10(12)13/h8-9H,3-7H2,1-2H3,(H,12,13)/p-1. The van der Waals surface area contributed by atoms with E-state index in [0.717, 1.165) is 25.9 Å². The highest BCUT2D eigenvalue weighted by molar-refractivity contribution is 5.64. The maximum Gasteiger partial charge on any atom is 0.0417 e. The Morgan fingerprint density at radius 1 is 1.46 bits per heavy atom. The molecule has 0 amide bonds. The Balaban J connectivity index is 2.26. The number of carbonyl (C=O) groups is 1. The van der Waals surface area contributed by atoms with Crippen LogP contribution in [0.2, 0.25) is 0 Å². The fourth-order valence-corrected chi connectivity index (χ4v) is 1.91. The molecule has 0 unspecified atom stereocenters. The molecule has 76 valence electrons. The lowest BCUT2D eigenvalue weighted by Crippen LogP contribution is -2.39. The van der Waals surface area contributed by atoms with Crippen molar-refractivity contribution in [1.29, 1.82) is 0 Å². The number of likely N-dealkylation sites (tertiary alicyclic amines) is 1. The van der Waals surface area contributed by atoms with Crippen molar-refractivity contribution in [2.24, 2.45) is 5.92 Å². The van der Waals surface area contributed by atoms with Gasteiger partial charge in [0.25, 0.3) is 0 Å². The molecular formula is C10H18NO2-. The first kappa shape index (κ1) is 10.5. The maximum atomic E-state index is 10.4. The molecule has 0 aromatic heterocycles. The first-order valence-corrected chi connectivity index (χ1v) is 5.03. The van der Waals surface area contributed by atoms with Gasteiger partial charge in [-0.2, -0.15) is 0 Å². The topological polar surface area (TPSA) is 43.4 Å². The number of carboxylic acids is 1. The summed E-state index contributed by atoms with van der Waals surface area (Å²) in [6.45, 7) is 6.43.